The van der Waals surface area contributed by atoms with Gasteiger partial charge in [-0.1, -0.05) is 17.4 Å². The molecule has 0 atom stereocenters. The maximum absolute atomic E-state index is 12.8. The molecule has 0 unspecified atom stereocenters. The molecule has 0 fully saturated rings. The van der Waals surface area contributed by atoms with Gasteiger partial charge in [-0.25, -0.2) is 0 Å². The number of ether oxygens (including phenoxy) is 6. The van der Waals surface area contributed by atoms with Gasteiger partial charge in [0.2, 0.25) is 16.6 Å². The molecule has 0 aliphatic carbocycles. The first-order chi connectivity index (χ1) is 16.5. The summed E-state index contributed by atoms with van der Waals surface area (Å²) in [4.78, 5) is 12.8. The van der Waals surface area contributed by atoms with Gasteiger partial charge in [0.25, 0.3) is 5.91 Å². The quantitative estimate of drug-likeness (QED) is 0.453. The van der Waals surface area contributed by atoms with Crippen molar-refractivity contribution in [2.24, 2.45) is 0 Å². The molecule has 1 amide bonds. The van der Waals surface area contributed by atoms with Crippen molar-refractivity contribution in [2.75, 3.05) is 48.0 Å². The topological polar surface area (TPSA) is 110 Å². The summed E-state index contributed by atoms with van der Waals surface area (Å²) in [5.74, 6) is 2.19. The fourth-order valence-corrected chi connectivity index (χ4v) is 3.80. The van der Waals surface area contributed by atoms with E-state index in [2.05, 4.69) is 15.5 Å². The maximum Gasteiger partial charge on any atom is 0.261 e. The van der Waals surface area contributed by atoms with Gasteiger partial charge in [0, 0.05) is 0 Å². The number of hydrogen-bond acceptors (Lipinski definition) is 10. The highest BCUT2D eigenvalue weighted by Crippen LogP contribution is 2.40. The van der Waals surface area contributed by atoms with Gasteiger partial charge >= 0.3 is 0 Å². The number of benzene rings is 2. The van der Waals surface area contributed by atoms with Crippen LogP contribution in [0.5, 0.6) is 34.5 Å². The van der Waals surface area contributed by atoms with Crippen LogP contribution in [0.15, 0.2) is 24.3 Å². The smallest absolute Gasteiger partial charge is 0.261 e. The molecule has 180 valence electrons. The Morgan fingerprint density at radius 1 is 0.765 bits per heavy atom. The van der Waals surface area contributed by atoms with Crippen molar-refractivity contribution in [2.45, 2.75) is 0 Å². The van der Waals surface area contributed by atoms with Crippen molar-refractivity contribution in [3.8, 4) is 34.5 Å². The fraction of sp³-hybridized carbons (Fsp3) is 0.261. The van der Waals surface area contributed by atoms with E-state index in [1.807, 2.05) is 18.2 Å². The van der Waals surface area contributed by atoms with E-state index in [0.717, 1.165) is 5.56 Å². The number of carbonyl (C=O) groups is 1. The molecule has 10 nitrogen and oxygen atoms in total. The number of nitrogens with zero attached hydrogens (tertiary/aromatic N) is 2. The third-order valence-corrected chi connectivity index (χ3v) is 5.52. The average molecular weight is 488 g/mol. The fourth-order valence-electron chi connectivity index (χ4n) is 3.16. The van der Waals surface area contributed by atoms with E-state index in [1.165, 1.54) is 32.7 Å². The molecule has 34 heavy (non-hydrogen) atoms. The molecule has 0 saturated heterocycles. The summed E-state index contributed by atoms with van der Waals surface area (Å²) in [7, 11) is 9.08. The van der Waals surface area contributed by atoms with Crippen LogP contribution in [-0.2, 0) is 0 Å². The predicted molar refractivity (Wildman–Crippen MR) is 129 cm³/mol. The molecule has 0 radical (unpaired) electrons. The van der Waals surface area contributed by atoms with E-state index >= 15 is 0 Å². The second-order valence-electron chi connectivity index (χ2n) is 6.57. The third-order valence-electron chi connectivity index (χ3n) is 4.72. The minimum absolute atomic E-state index is 0.256. The van der Waals surface area contributed by atoms with Crippen LogP contribution in [0.1, 0.15) is 20.9 Å². The van der Waals surface area contributed by atoms with Crippen LogP contribution < -0.4 is 33.7 Å². The Bertz CT molecular complexity index is 1170. The first-order valence-corrected chi connectivity index (χ1v) is 10.7. The summed E-state index contributed by atoms with van der Waals surface area (Å²) in [6.45, 7) is 0. The van der Waals surface area contributed by atoms with Gasteiger partial charge in [-0.05, 0) is 35.9 Å². The summed E-state index contributed by atoms with van der Waals surface area (Å²) >= 11 is 1.21. The molecule has 0 aliphatic rings. The van der Waals surface area contributed by atoms with Crippen LogP contribution in [-0.4, -0.2) is 58.8 Å². The van der Waals surface area contributed by atoms with Crippen molar-refractivity contribution in [3.05, 3.63) is 40.4 Å². The zero-order valence-electron chi connectivity index (χ0n) is 19.6. The lowest BCUT2D eigenvalue weighted by Gasteiger charge is -2.14. The molecule has 1 aromatic heterocycles. The molecule has 3 rings (SSSR count). The molecule has 0 aliphatic heterocycles. The van der Waals surface area contributed by atoms with Gasteiger partial charge in [-0.2, -0.15) is 0 Å². The highest BCUT2D eigenvalue weighted by Gasteiger charge is 2.21. The van der Waals surface area contributed by atoms with E-state index in [-0.39, 0.29) is 11.3 Å². The van der Waals surface area contributed by atoms with E-state index in [1.54, 1.807) is 39.5 Å². The highest BCUT2D eigenvalue weighted by molar-refractivity contribution is 7.16. The molecule has 1 heterocycles. The largest absolute Gasteiger partial charge is 0.493 e. The Hall–Kier alpha value is -3.99. The zero-order valence-corrected chi connectivity index (χ0v) is 20.4. The Morgan fingerprint density at radius 3 is 1.94 bits per heavy atom. The number of aromatic nitrogens is 2. The number of carbonyl (C=O) groups excluding carboxylic acids is 1. The highest BCUT2D eigenvalue weighted by atomic mass is 32.1. The lowest BCUT2D eigenvalue weighted by atomic mass is 10.1. The van der Waals surface area contributed by atoms with Gasteiger partial charge in [-0.15, -0.1) is 10.2 Å². The van der Waals surface area contributed by atoms with Crippen molar-refractivity contribution in [1.82, 2.24) is 10.2 Å². The van der Waals surface area contributed by atoms with Crippen LogP contribution in [0.2, 0.25) is 0 Å². The monoisotopic (exact) mass is 487 g/mol. The van der Waals surface area contributed by atoms with Gasteiger partial charge in [-0.3, -0.25) is 10.1 Å². The van der Waals surface area contributed by atoms with Crippen molar-refractivity contribution < 1.29 is 33.2 Å². The van der Waals surface area contributed by atoms with Gasteiger partial charge < -0.3 is 28.4 Å². The Morgan fingerprint density at radius 2 is 1.38 bits per heavy atom. The second-order valence-corrected chi connectivity index (χ2v) is 7.58. The molecule has 1 N–H and O–H groups in total. The number of hydrogen-bond donors (Lipinski definition) is 1. The van der Waals surface area contributed by atoms with Crippen LogP contribution in [0.4, 0.5) is 5.13 Å². The Labute approximate surface area is 201 Å². The molecule has 0 spiro atoms. The first kappa shape index (κ1) is 24.6. The van der Waals surface area contributed by atoms with Gasteiger partial charge in [0.05, 0.1) is 48.2 Å². The number of nitrogens with one attached hydrogen (secondary N) is 1. The minimum atomic E-state index is -0.422. The predicted octanol–water partition coefficient (Wildman–Crippen LogP) is 4.01. The molecule has 2 aromatic carbocycles. The van der Waals surface area contributed by atoms with Crippen molar-refractivity contribution in [1.29, 1.82) is 0 Å². The molecule has 0 saturated carbocycles. The summed E-state index contributed by atoms with van der Waals surface area (Å²) in [5.41, 5.74) is 1.08. The number of methoxy groups -OCH3 is 6. The second kappa shape index (κ2) is 11.2. The molecule has 0 bridgehead atoms. The normalized spacial score (nSPS) is 10.6. The average Bonchev–Trinajstić information content (AvgIpc) is 3.32. The molecular formula is C23H25N3O7S. The van der Waals surface area contributed by atoms with Crippen molar-refractivity contribution in [3.63, 3.8) is 0 Å². The van der Waals surface area contributed by atoms with Gasteiger partial charge in [0.15, 0.2) is 23.0 Å². The Balaban J connectivity index is 1.79. The van der Waals surface area contributed by atoms with Crippen molar-refractivity contribution >= 4 is 34.5 Å². The van der Waals surface area contributed by atoms with Crippen LogP contribution in [0.3, 0.4) is 0 Å². The lowest BCUT2D eigenvalue weighted by Crippen LogP contribution is -2.13. The zero-order chi connectivity index (χ0) is 24.7. The number of rotatable bonds is 10. The van der Waals surface area contributed by atoms with Crippen LogP contribution in [0, 0.1) is 0 Å². The summed E-state index contributed by atoms with van der Waals surface area (Å²) < 4.78 is 32.0. The molecule has 11 heteroatoms. The summed E-state index contributed by atoms with van der Waals surface area (Å²) in [5, 5.41) is 11.8. The van der Waals surface area contributed by atoms with Gasteiger partial charge in [0.1, 0.15) is 5.01 Å². The third kappa shape index (κ3) is 5.15. The standard InChI is InChI=1S/C23H25N3O7S/c1-28-15-9-8-14(19(31-4)21(15)33-6)22(27)24-23-26-25-18(34-23)10-7-13-11-16(29-2)20(32-5)17(12-13)30-3/h7-12H,1-6H3,(H,24,26,27). The SMILES string of the molecule is COc1cc(C=Cc2nnc(NC(=O)c3ccc(OC)c(OC)c3OC)s2)cc(OC)c1OC. The lowest BCUT2D eigenvalue weighted by molar-refractivity contribution is 0.102. The van der Waals surface area contributed by atoms with Crippen LogP contribution in [0.25, 0.3) is 12.2 Å². The minimum Gasteiger partial charge on any atom is -0.493 e. The van der Waals surface area contributed by atoms with E-state index in [0.29, 0.717) is 38.9 Å². The molecular weight excluding hydrogens is 462 g/mol. The maximum atomic E-state index is 12.8. The Kier molecular flexibility index (Phi) is 8.14. The van der Waals surface area contributed by atoms with E-state index in [4.69, 9.17) is 28.4 Å². The number of amides is 1. The molecule has 3 aromatic rings. The first-order valence-electron chi connectivity index (χ1n) is 9.91. The van der Waals surface area contributed by atoms with E-state index in [9.17, 15) is 4.79 Å². The van der Waals surface area contributed by atoms with E-state index < -0.39 is 5.91 Å². The van der Waals surface area contributed by atoms with Crippen LogP contribution >= 0.6 is 11.3 Å². The summed E-state index contributed by atoms with van der Waals surface area (Å²) in [6.07, 6.45) is 3.60. The summed E-state index contributed by atoms with van der Waals surface area (Å²) in [6, 6.07) is 6.83. The number of anilines is 1.